The topological polar surface area (TPSA) is 69.9 Å². The minimum absolute atomic E-state index is 0. The number of likely N-dealkylation sites (N-methyl/N-ethyl adjacent to an activating group) is 1. The molecule has 2 fully saturated rings. The SMILES string of the molecule is CC(N)CC(=O)N1CCN(CC(=O)N(C)C2CCCCC2)CC1.Cl.Cl. The number of halogens is 2. The molecule has 6 nitrogen and oxygen atoms in total. The molecule has 1 heterocycles. The summed E-state index contributed by atoms with van der Waals surface area (Å²) < 4.78 is 0. The summed E-state index contributed by atoms with van der Waals surface area (Å²) in [5.41, 5.74) is 5.69. The highest BCUT2D eigenvalue weighted by Gasteiger charge is 2.26. The minimum Gasteiger partial charge on any atom is -0.342 e. The van der Waals surface area contributed by atoms with Crippen LogP contribution in [0.3, 0.4) is 0 Å². The zero-order valence-electron chi connectivity index (χ0n) is 15.5. The molecule has 0 bridgehead atoms. The Morgan fingerprint density at radius 3 is 2.16 bits per heavy atom. The molecule has 2 amide bonds. The Bertz CT molecular complexity index is 409. The molecule has 2 N–H and O–H groups in total. The third-order valence-corrected chi connectivity index (χ3v) is 5.10. The van der Waals surface area contributed by atoms with Gasteiger partial charge in [-0.2, -0.15) is 0 Å². The van der Waals surface area contributed by atoms with Crippen molar-refractivity contribution in [1.29, 1.82) is 0 Å². The molecule has 1 aliphatic heterocycles. The number of nitrogens with two attached hydrogens (primary N) is 1. The summed E-state index contributed by atoms with van der Waals surface area (Å²) in [6.07, 6.45) is 6.47. The molecule has 1 saturated carbocycles. The van der Waals surface area contributed by atoms with E-state index in [-0.39, 0.29) is 42.7 Å². The first-order chi connectivity index (χ1) is 11.0. The standard InChI is InChI=1S/C17H32N4O2.2ClH/c1-14(18)12-16(22)21-10-8-20(9-11-21)13-17(23)19(2)15-6-4-3-5-7-15;;/h14-15H,3-13,18H2,1-2H3;2*1H. The lowest BCUT2D eigenvalue weighted by Gasteiger charge is -2.37. The van der Waals surface area contributed by atoms with Crippen molar-refractivity contribution in [2.45, 2.75) is 57.5 Å². The Labute approximate surface area is 164 Å². The summed E-state index contributed by atoms with van der Waals surface area (Å²) in [4.78, 5) is 30.4. The molecule has 1 atom stereocenters. The fraction of sp³-hybridized carbons (Fsp3) is 0.882. The molecule has 2 aliphatic rings. The molecular formula is C17H34Cl2N4O2. The third kappa shape index (κ3) is 7.69. The van der Waals surface area contributed by atoms with Crippen molar-refractivity contribution in [2.24, 2.45) is 5.73 Å². The molecule has 0 aromatic rings. The highest BCUT2D eigenvalue weighted by Crippen LogP contribution is 2.21. The monoisotopic (exact) mass is 396 g/mol. The van der Waals surface area contributed by atoms with E-state index in [4.69, 9.17) is 5.73 Å². The van der Waals surface area contributed by atoms with Gasteiger partial charge < -0.3 is 15.5 Å². The van der Waals surface area contributed by atoms with Gasteiger partial charge in [-0.3, -0.25) is 14.5 Å². The van der Waals surface area contributed by atoms with E-state index in [1.807, 2.05) is 23.8 Å². The number of carbonyl (C=O) groups excluding carboxylic acids is 2. The maximum atomic E-state index is 12.5. The van der Waals surface area contributed by atoms with Gasteiger partial charge in [0.1, 0.15) is 0 Å². The van der Waals surface area contributed by atoms with Gasteiger partial charge in [0, 0.05) is 51.7 Å². The van der Waals surface area contributed by atoms with Gasteiger partial charge in [-0.1, -0.05) is 19.3 Å². The van der Waals surface area contributed by atoms with Gasteiger partial charge in [-0.15, -0.1) is 24.8 Å². The van der Waals surface area contributed by atoms with E-state index in [0.717, 1.165) is 25.9 Å². The van der Waals surface area contributed by atoms with E-state index in [1.54, 1.807) is 0 Å². The van der Waals surface area contributed by atoms with Crippen LogP contribution in [0.1, 0.15) is 45.4 Å². The smallest absolute Gasteiger partial charge is 0.236 e. The number of piperazine rings is 1. The van der Waals surface area contributed by atoms with Gasteiger partial charge >= 0.3 is 0 Å². The number of rotatable bonds is 5. The van der Waals surface area contributed by atoms with Crippen LogP contribution in [-0.4, -0.2) is 78.4 Å². The van der Waals surface area contributed by atoms with Crippen molar-refractivity contribution < 1.29 is 9.59 Å². The van der Waals surface area contributed by atoms with E-state index in [9.17, 15) is 9.59 Å². The fourth-order valence-electron chi connectivity index (χ4n) is 3.53. The van der Waals surface area contributed by atoms with E-state index >= 15 is 0 Å². The second kappa shape index (κ2) is 11.9. The van der Waals surface area contributed by atoms with E-state index < -0.39 is 0 Å². The number of amides is 2. The summed E-state index contributed by atoms with van der Waals surface area (Å²) in [5, 5.41) is 0. The molecule has 0 aromatic heterocycles. The van der Waals surface area contributed by atoms with E-state index in [2.05, 4.69) is 4.90 Å². The van der Waals surface area contributed by atoms with Gasteiger partial charge in [-0.05, 0) is 19.8 Å². The average Bonchev–Trinajstić information content (AvgIpc) is 2.55. The first-order valence-electron chi connectivity index (χ1n) is 8.98. The van der Waals surface area contributed by atoms with Crippen LogP contribution in [0.2, 0.25) is 0 Å². The first kappa shape index (κ1) is 24.4. The van der Waals surface area contributed by atoms with Crippen molar-refractivity contribution in [2.75, 3.05) is 39.8 Å². The van der Waals surface area contributed by atoms with Crippen molar-refractivity contribution >= 4 is 36.6 Å². The van der Waals surface area contributed by atoms with Crippen LogP contribution >= 0.6 is 24.8 Å². The van der Waals surface area contributed by atoms with Gasteiger partial charge in [0.05, 0.1) is 6.54 Å². The highest BCUT2D eigenvalue weighted by molar-refractivity contribution is 5.85. The van der Waals surface area contributed by atoms with E-state index in [0.29, 0.717) is 32.1 Å². The number of carbonyl (C=O) groups is 2. The van der Waals surface area contributed by atoms with Crippen LogP contribution in [0.5, 0.6) is 0 Å². The second-order valence-electron chi connectivity index (χ2n) is 7.13. The molecule has 1 unspecified atom stereocenters. The van der Waals surface area contributed by atoms with Crippen LogP contribution in [0.25, 0.3) is 0 Å². The summed E-state index contributed by atoms with van der Waals surface area (Å²) in [5.74, 6) is 0.345. The highest BCUT2D eigenvalue weighted by atomic mass is 35.5. The van der Waals surface area contributed by atoms with Crippen molar-refractivity contribution in [3.63, 3.8) is 0 Å². The molecule has 2 rings (SSSR count). The lowest BCUT2D eigenvalue weighted by molar-refractivity contribution is -0.136. The quantitative estimate of drug-likeness (QED) is 0.764. The van der Waals surface area contributed by atoms with Crippen molar-refractivity contribution in [1.82, 2.24) is 14.7 Å². The average molecular weight is 397 g/mol. The van der Waals surface area contributed by atoms with Crippen molar-refractivity contribution in [3.05, 3.63) is 0 Å². The molecule has 1 aliphatic carbocycles. The Kier molecular flexibility index (Phi) is 11.7. The predicted octanol–water partition coefficient (Wildman–Crippen LogP) is 1.50. The van der Waals surface area contributed by atoms with Gasteiger partial charge in [0.15, 0.2) is 0 Å². The predicted molar refractivity (Wildman–Crippen MR) is 105 cm³/mol. The molecule has 1 saturated heterocycles. The van der Waals surface area contributed by atoms with Gasteiger partial charge in [0.2, 0.25) is 11.8 Å². The maximum absolute atomic E-state index is 12.5. The third-order valence-electron chi connectivity index (χ3n) is 5.10. The summed E-state index contributed by atoms with van der Waals surface area (Å²) >= 11 is 0. The van der Waals surface area contributed by atoms with Crippen LogP contribution in [-0.2, 0) is 9.59 Å². The second-order valence-corrected chi connectivity index (χ2v) is 7.13. The van der Waals surface area contributed by atoms with Gasteiger partial charge in [-0.25, -0.2) is 0 Å². The lowest BCUT2D eigenvalue weighted by atomic mass is 9.94. The number of nitrogens with zero attached hydrogens (tertiary/aromatic N) is 3. The minimum atomic E-state index is -0.0914. The fourth-order valence-corrected chi connectivity index (χ4v) is 3.53. The number of hydrogen-bond acceptors (Lipinski definition) is 4. The molecule has 8 heteroatoms. The Morgan fingerprint density at radius 1 is 1.08 bits per heavy atom. The van der Waals surface area contributed by atoms with E-state index in [1.165, 1.54) is 19.3 Å². The molecular weight excluding hydrogens is 363 g/mol. The zero-order valence-corrected chi connectivity index (χ0v) is 17.1. The molecule has 148 valence electrons. The lowest BCUT2D eigenvalue weighted by Crippen LogP contribution is -2.52. The molecule has 25 heavy (non-hydrogen) atoms. The van der Waals surface area contributed by atoms with Crippen LogP contribution in [0, 0.1) is 0 Å². The molecule has 0 spiro atoms. The van der Waals surface area contributed by atoms with Crippen LogP contribution < -0.4 is 5.73 Å². The maximum Gasteiger partial charge on any atom is 0.236 e. The van der Waals surface area contributed by atoms with Gasteiger partial charge in [0.25, 0.3) is 0 Å². The summed E-state index contributed by atoms with van der Waals surface area (Å²) in [6.45, 7) is 5.28. The largest absolute Gasteiger partial charge is 0.342 e. The Balaban J connectivity index is 0.00000288. The molecule has 0 radical (unpaired) electrons. The first-order valence-corrected chi connectivity index (χ1v) is 8.98. The van der Waals surface area contributed by atoms with Crippen LogP contribution in [0.15, 0.2) is 0 Å². The van der Waals surface area contributed by atoms with Crippen molar-refractivity contribution in [3.8, 4) is 0 Å². The summed E-state index contributed by atoms with van der Waals surface area (Å²) in [7, 11) is 1.95. The Morgan fingerprint density at radius 2 is 1.64 bits per heavy atom. The zero-order chi connectivity index (χ0) is 16.8. The number of hydrogen-bond donors (Lipinski definition) is 1. The summed E-state index contributed by atoms with van der Waals surface area (Å²) in [6, 6.07) is 0.330. The van der Waals surface area contributed by atoms with Crippen LogP contribution in [0.4, 0.5) is 0 Å². The Hall–Kier alpha value is -0.560. The normalized spacial score (nSPS) is 20.2. The molecule has 0 aromatic carbocycles.